The number of sulfonamides is 1. The molecule has 5 nitrogen and oxygen atoms in total. The summed E-state index contributed by atoms with van der Waals surface area (Å²) >= 11 is 0. The van der Waals surface area contributed by atoms with Crippen molar-refractivity contribution in [3.05, 3.63) is 10.4 Å². The molecule has 0 radical (unpaired) electrons. The van der Waals surface area contributed by atoms with Gasteiger partial charge in [0.25, 0.3) is 0 Å². The number of azide groups is 1. The number of hydrogen-bond donors (Lipinski definition) is 0. The smallest absolute Gasteiger partial charge is 0.220 e. The van der Waals surface area contributed by atoms with Crippen molar-refractivity contribution >= 4 is 10.0 Å². The van der Waals surface area contributed by atoms with E-state index in [2.05, 4.69) is 9.43 Å². The van der Waals surface area contributed by atoms with E-state index >= 15 is 0 Å². The van der Waals surface area contributed by atoms with Crippen LogP contribution in [0.25, 0.3) is 10.4 Å². The van der Waals surface area contributed by atoms with E-state index in [1.165, 1.54) is 20.8 Å². The second-order valence-electron chi connectivity index (χ2n) is 2.76. The highest BCUT2D eigenvalue weighted by atomic mass is 32.2. The van der Waals surface area contributed by atoms with Crippen molar-refractivity contribution < 1.29 is 8.42 Å². The first kappa shape index (κ1) is 9.26. The Morgan fingerprint density at radius 1 is 1.40 bits per heavy atom. The predicted molar refractivity (Wildman–Crippen MR) is 37.8 cm³/mol. The highest BCUT2D eigenvalue weighted by Gasteiger charge is 2.27. The molecule has 0 N–H and O–H groups in total. The first-order chi connectivity index (χ1) is 4.31. The summed E-state index contributed by atoms with van der Waals surface area (Å²) in [6, 6.07) is 0. The lowest BCUT2D eigenvalue weighted by atomic mass is 10.3. The van der Waals surface area contributed by atoms with Gasteiger partial charge in [-0.25, -0.2) is 8.42 Å². The van der Waals surface area contributed by atoms with Crippen molar-refractivity contribution in [2.45, 2.75) is 25.5 Å². The Hall–Kier alpha value is -0.740. The fourth-order valence-corrected chi connectivity index (χ4v) is 0.512. The van der Waals surface area contributed by atoms with Crippen LogP contribution < -0.4 is 0 Å². The molecular formula is C4H9N3O2S. The Kier molecular flexibility index (Phi) is 2.29. The van der Waals surface area contributed by atoms with Gasteiger partial charge in [-0.2, -0.15) is 0 Å². The van der Waals surface area contributed by atoms with E-state index < -0.39 is 14.8 Å². The van der Waals surface area contributed by atoms with E-state index in [-0.39, 0.29) is 0 Å². The van der Waals surface area contributed by atoms with Gasteiger partial charge in [-0.1, -0.05) is 0 Å². The van der Waals surface area contributed by atoms with Gasteiger partial charge in [0.2, 0.25) is 10.0 Å². The Labute approximate surface area is 59.7 Å². The van der Waals surface area contributed by atoms with Gasteiger partial charge in [-0.3, -0.25) is 0 Å². The second-order valence-corrected chi connectivity index (χ2v) is 5.10. The van der Waals surface area contributed by atoms with Gasteiger partial charge >= 0.3 is 0 Å². The summed E-state index contributed by atoms with van der Waals surface area (Å²) in [6.45, 7) is 4.41. The average Bonchev–Trinajstić information content (AvgIpc) is 1.61. The first-order valence-electron chi connectivity index (χ1n) is 2.62. The van der Waals surface area contributed by atoms with Crippen molar-refractivity contribution in [3.63, 3.8) is 0 Å². The molecule has 0 aromatic heterocycles. The molecule has 0 unspecified atom stereocenters. The molecule has 0 saturated heterocycles. The van der Waals surface area contributed by atoms with Gasteiger partial charge in [0.15, 0.2) is 0 Å². The largest absolute Gasteiger partial charge is 0.240 e. The highest BCUT2D eigenvalue weighted by Crippen LogP contribution is 2.16. The summed E-state index contributed by atoms with van der Waals surface area (Å²) in [4.78, 5) is 2.21. The summed E-state index contributed by atoms with van der Waals surface area (Å²) in [5.74, 6) is 0. The molecule has 0 aliphatic carbocycles. The zero-order chi connectivity index (χ0) is 8.41. The highest BCUT2D eigenvalue weighted by molar-refractivity contribution is 7.91. The van der Waals surface area contributed by atoms with Gasteiger partial charge in [-0.05, 0) is 26.3 Å². The van der Waals surface area contributed by atoms with E-state index in [4.69, 9.17) is 5.53 Å². The third-order valence-corrected chi connectivity index (χ3v) is 2.75. The maximum atomic E-state index is 10.8. The summed E-state index contributed by atoms with van der Waals surface area (Å²) < 4.78 is 23.3. The van der Waals surface area contributed by atoms with E-state index in [9.17, 15) is 8.42 Å². The molecule has 0 atom stereocenters. The topological polar surface area (TPSA) is 82.9 Å². The Morgan fingerprint density at radius 2 is 1.80 bits per heavy atom. The molecular weight excluding hydrogens is 154 g/mol. The van der Waals surface area contributed by atoms with Crippen LogP contribution in [0.5, 0.6) is 0 Å². The van der Waals surface area contributed by atoms with E-state index in [0.29, 0.717) is 0 Å². The molecule has 0 rings (SSSR count). The first-order valence-corrected chi connectivity index (χ1v) is 4.06. The fraction of sp³-hybridized carbons (Fsp3) is 1.00. The lowest BCUT2D eigenvalue weighted by Crippen LogP contribution is -2.25. The third kappa shape index (κ3) is 1.89. The number of rotatable bonds is 1. The lowest BCUT2D eigenvalue weighted by molar-refractivity contribution is 0.561. The monoisotopic (exact) mass is 163 g/mol. The fourth-order valence-electron chi connectivity index (χ4n) is 0.171. The molecule has 0 spiro atoms. The van der Waals surface area contributed by atoms with Crippen molar-refractivity contribution in [1.82, 2.24) is 0 Å². The van der Waals surface area contributed by atoms with Gasteiger partial charge in [-0.15, -0.1) is 0 Å². The van der Waals surface area contributed by atoms with E-state index in [0.717, 1.165) is 0 Å². The van der Waals surface area contributed by atoms with Crippen LogP contribution in [0.3, 0.4) is 0 Å². The normalized spacial score (nSPS) is 12.3. The van der Waals surface area contributed by atoms with Crippen molar-refractivity contribution in [2.24, 2.45) is 4.52 Å². The third-order valence-electron chi connectivity index (χ3n) is 0.918. The molecule has 0 saturated carbocycles. The maximum Gasteiger partial charge on any atom is 0.240 e. The van der Waals surface area contributed by atoms with Crippen LogP contribution >= 0.6 is 0 Å². The maximum absolute atomic E-state index is 10.8. The molecule has 10 heavy (non-hydrogen) atoms. The molecule has 0 aliphatic rings. The minimum atomic E-state index is -3.64. The van der Waals surface area contributed by atoms with Crippen molar-refractivity contribution in [3.8, 4) is 0 Å². The standard InChI is InChI=1S/C4H9N3O2S/c1-4(2,3)10(8,9)7-6-5/h1-3H3. The van der Waals surface area contributed by atoms with Gasteiger partial charge in [0, 0.05) is 9.43 Å². The van der Waals surface area contributed by atoms with Gasteiger partial charge < -0.3 is 0 Å². The van der Waals surface area contributed by atoms with Crippen molar-refractivity contribution in [1.29, 1.82) is 0 Å². The second kappa shape index (κ2) is 2.48. The molecule has 0 bridgehead atoms. The molecule has 0 amide bonds. The Bertz CT molecular complexity index is 255. The van der Waals surface area contributed by atoms with Crippen LogP contribution in [0.15, 0.2) is 4.52 Å². The van der Waals surface area contributed by atoms with E-state index in [1.54, 1.807) is 0 Å². The number of nitrogens with zero attached hydrogens (tertiary/aromatic N) is 3. The Morgan fingerprint density at radius 3 is 1.90 bits per heavy atom. The average molecular weight is 163 g/mol. The van der Waals surface area contributed by atoms with Gasteiger partial charge in [0.05, 0.1) is 4.75 Å². The molecule has 0 heterocycles. The zero-order valence-electron chi connectivity index (χ0n) is 6.07. The zero-order valence-corrected chi connectivity index (χ0v) is 6.88. The Balaban J connectivity index is 4.97. The van der Waals surface area contributed by atoms with Crippen molar-refractivity contribution in [2.75, 3.05) is 0 Å². The molecule has 0 fully saturated rings. The van der Waals surface area contributed by atoms with Crippen LogP contribution in [-0.2, 0) is 10.0 Å². The summed E-state index contributed by atoms with van der Waals surface area (Å²) in [7, 11) is -3.64. The molecule has 0 aromatic rings. The number of hydrogen-bond acceptors (Lipinski definition) is 2. The lowest BCUT2D eigenvalue weighted by Gasteiger charge is -2.13. The predicted octanol–water partition coefficient (Wildman–Crippen LogP) is 1.43. The SMILES string of the molecule is CC(C)(C)S(=O)(=O)N=[N+]=[N-]. The van der Waals surface area contributed by atoms with Gasteiger partial charge in [0.1, 0.15) is 0 Å². The van der Waals surface area contributed by atoms with Crippen LogP contribution in [0.1, 0.15) is 20.8 Å². The van der Waals surface area contributed by atoms with Crippen LogP contribution in [0.4, 0.5) is 0 Å². The quantitative estimate of drug-likeness (QED) is 0.332. The minimum Gasteiger partial charge on any atom is -0.220 e. The summed E-state index contributed by atoms with van der Waals surface area (Å²) in [5.41, 5.74) is 7.84. The summed E-state index contributed by atoms with van der Waals surface area (Å²) in [5, 5.41) is 0. The van der Waals surface area contributed by atoms with Crippen LogP contribution in [-0.4, -0.2) is 13.2 Å². The van der Waals surface area contributed by atoms with Crippen LogP contribution in [0, 0.1) is 0 Å². The molecule has 58 valence electrons. The molecule has 0 aromatic carbocycles. The summed E-state index contributed by atoms with van der Waals surface area (Å²) in [6.07, 6.45) is 0. The van der Waals surface area contributed by atoms with E-state index in [1.807, 2.05) is 0 Å². The minimum absolute atomic E-state index is 1.00. The molecule has 0 aliphatic heterocycles. The van der Waals surface area contributed by atoms with Crippen LogP contribution in [0.2, 0.25) is 0 Å². The molecule has 6 heteroatoms.